The Morgan fingerprint density at radius 3 is 2.66 bits per heavy atom. The summed E-state index contributed by atoms with van der Waals surface area (Å²) in [6.07, 6.45) is 5.82. The number of aryl methyl sites for hydroxylation is 1. The number of alkyl halides is 3. The van der Waals surface area contributed by atoms with Crippen molar-refractivity contribution in [1.82, 2.24) is 24.6 Å². The van der Waals surface area contributed by atoms with Crippen molar-refractivity contribution in [3.05, 3.63) is 71.1 Å². The van der Waals surface area contributed by atoms with Crippen LogP contribution >= 0.6 is 0 Å². The first kappa shape index (κ1) is 26.7. The molecule has 0 spiro atoms. The van der Waals surface area contributed by atoms with E-state index >= 15 is 0 Å². The maximum atomic E-state index is 14.0. The first-order valence-electron chi connectivity index (χ1n) is 13.7. The summed E-state index contributed by atoms with van der Waals surface area (Å²) in [6.45, 7) is 4.52. The summed E-state index contributed by atoms with van der Waals surface area (Å²) in [7, 11) is 1.95. The van der Waals surface area contributed by atoms with E-state index < -0.39 is 11.7 Å². The summed E-state index contributed by atoms with van der Waals surface area (Å²) in [5.74, 6) is 2.24. The highest BCUT2D eigenvalue weighted by molar-refractivity contribution is 5.48. The number of anilines is 1. The minimum Gasteiger partial charge on any atom is -0.379 e. The first-order chi connectivity index (χ1) is 18.3. The summed E-state index contributed by atoms with van der Waals surface area (Å²) >= 11 is 0. The number of rotatable bonds is 9. The molecule has 0 amide bonds. The van der Waals surface area contributed by atoms with Crippen LogP contribution in [0.4, 0.5) is 18.9 Å². The molecule has 3 heterocycles. The number of likely N-dealkylation sites (tertiary alicyclic amines) is 1. The topological polar surface area (TPSA) is 58.9 Å². The number of piperidine rings is 1. The fraction of sp³-hybridized carbons (Fsp3) is 0.552. The highest BCUT2D eigenvalue weighted by Gasteiger charge is 2.34. The molecule has 204 valence electrons. The van der Waals surface area contributed by atoms with E-state index in [0.29, 0.717) is 23.9 Å². The molecule has 1 unspecified atom stereocenters. The molecule has 1 saturated heterocycles. The van der Waals surface area contributed by atoms with Crippen molar-refractivity contribution in [1.29, 1.82) is 0 Å². The Hall–Kier alpha value is -2.94. The van der Waals surface area contributed by atoms with Crippen LogP contribution in [-0.4, -0.2) is 37.7 Å². The average Bonchev–Trinajstić information content (AvgIpc) is 3.27. The van der Waals surface area contributed by atoms with Gasteiger partial charge < -0.3 is 9.88 Å². The van der Waals surface area contributed by atoms with E-state index in [-0.39, 0.29) is 18.2 Å². The maximum absolute atomic E-state index is 14.0. The van der Waals surface area contributed by atoms with Crippen molar-refractivity contribution < 1.29 is 13.2 Å². The Morgan fingerprint density at radius 2 is 1.97 bits per heavy atom. The van der Waals surface area contributed by atoms with E-state index in [2.05, 4.69) is 38.4 Å². The molecule has 0 bridgehead atoms. The molecule has 2 aromatic heterocycles. The van der Waals surface area contributed by atoms with Gasteiger partial charge in [0.25, 0.3) is 0 Å². The zero-order valence-electron chi connectivity index (χ0n) is 22.2. The summed E-state index contributed by atoms with van der Waals surface area (Å²) in [5.41, 5.74) is 1.82. The molecule has 38 heavy (non-hydrogen) atoms. The summed E-state index contributed by atoms with van der Waals surface area (Å²) < 4.78 is 44.0. The van der Waals surface area contributed by atoms with Gasteiger partial charge in [-0.15, -0.1) is 10.2 Å². The number of pyridine rings is 1. The van der Waals surface area contributed by atoms with Crippen LogP contribution in [0.3, 0.4) is 0 Å². The fourth-order valence-electron chi connectivity index (χ4n) is 5.81. The molecule has 9 heteroatoms. The van der Waals surface area contributed by atoms with E-state index in [1.54, 1.807) is 12.5 Å². The number of aromatic nitrogens is 4. The zero-order chi connectivity index (χ0) is 26.7. The van der Waals surface area contributed by atoms with Crippen molar-refractivity contribution in [2.45, 2.75) is 70.6 Å². The van der Waals surface area contributed by atoms with E-state index in [1.807, 2.05) is 29.8 Å². The molecule has 3 aromatic rings. The molecule has 2 atom stereocenters. The number of hydrogen-bond donors (Lipinski definition) is 1. The van der Waals surface area contributed by atoms with Crippen LogP contribution in [0.2, 0.25) is 0 Å². The van der Waals surface area contributed by atoms with Crippen molar-refractivity contribution in [3.63, 3.8) is 0 Å². The predicted octanol–water partition coefficient (Wildman–Crippen LogP) is 6.40. The molecular formula is C29H37F3N6. The van der Waals surface area contributed by atoms with Crippen molar-refractivity contribution in [2.75, 3.05) is 18.4 Å². The van der Waals surface area contributed by atoms with E-state index in [9.17, 15) is 13.2 Å². The van der Waals surface area contributed by atoms with Gasteiger partial charge in [-0.05, 0) is 67.0 Å². The molecule has 0 radical (unpaired) electrons. The smallest absolute Gasteiger partial charge is 0.379 e. The molecule has 6 nitrogen and oxygen atoms in total. The minimum absolute atomic E-state index is 0.00340. The van der Waals surface area contributed by atoms with Crippen LogP contribution in [-0.2, 0) is 26.3 Å². The lowest BCUT2D eigenvalue weighted by Crippen LogP contribution is -2.33. The Morgan fingerprint density at radius 1 is 1.13 bits per heavy atom. The van der Waals surface area contributed by atoms with Crippen molar-refractivity contribution >= 4 is 5.69 Å². The molecule has 5 rings (SSSR count). The summed E-state index contributed by atoms with van der Waals surface area (Å²) in [4.78, 5) is 6.51. The van der Waals surface area contributed by atoms with Gasteiger partial charge in [0.2, 0.25) is 0 Å². The van der Waals surface area contributed by atoms with Gasteiger partial charge in [-0.1, -0.05) is 38.3 Å². The second-order valence-electron chi connectivity index (χ2n) is 11.2. The van der Waals surface area contributed by atoms with E-state index in [4.69, 9.17) is 0 Å². The average molecular weight is 527 g/mol. The molecule has 2 fully saturated rings. The Labute approximate surface area is 222 Å². The van der Waals surface area contributed by atoms with Gasteiger partial charge in [-0.3, -0.25) is 9.88 Å². The van der Waals surface area contributed by atoms with Gasteiger partial charge in [0.1, 0.15) is 12.2 Å². The number of nitrogens with zero attached hydrogens (tertiary/aromatic N) is 5. The number of hydrogen-bond acceptors (Lipinski definition) is 5. The number of nitrogens with one attached hydrogen (secondary N) is 1. The molecule has 1 saturated carbocycles. The maximum Gasteiger partial charge on any atom is 0.418 e. The number of halogens is 3. The van der Waals surface area contributed by atoms with E-state index in [1.165, 1.54) is 31.7 Å². The molecule has 1 N–H and O–H groups in total. The molecular weight excluding hydrogens is 489 g/mol. The van der Waals surface area contributed by atoms with Crippen molar-refractivity contribution in [2.24, 2.45) is 18.9 Å². The standard InChI is InChI=1S/C29H37F3N6/c1-20-6-5-11-38(17-20)18-22-13-26(29(30,31)32)27(34-15-22)16-33-24-10-4-9-23(14-24)25(12-21-7-3-8-21)28-36-35-19-37(28)2/h4,9-10,13-15,19-21,25,33H,3,5-8,11-12,16-18H2,1-2H3/t20-,25?/m0/s1. The van der Waals surface area contributed by atoms with Crippen LogP contribution < -0.4 is 5.32 Å². The zero-order valence-corrected chi connectivity index (χ0v) is 22.2. The lowest BCUT2D eigenvalue weighted by Gasteiger charge is -2.31. The van der Waals surface area contributed by atoms with Crippen LogP contribution in [0.5, 0.6) is 0 Å². The van der Waals surface area contributed by atoms with Gasteiger partial charge in [0, 0.05) is 37.9 Å². The Balaban J connectivity index is 1.32. The highest BCUT2D eigenvalue weighted by atomic mass is 19.4. The van der Waals surface area contributed by atoms with E-state index in [0.717, 1.165) is 43.0 Å². The first-order valence-corrected chi connectivity index (χ1v) is 13.7. The third-order valence-electron chi connectivity index (χ3n) is 8.08. The third kappa shape index (κ3) is 6.37. The second-order valence-corrected chi connectivity index (χ2v) is 11.2. The molecule has 1 aliphatic heterocycles. The lowest BCUT2D eigenvalue weighted by atomic mass is 9.77. The van der Waals surface area contributed by atoms with Gasteiger partial charge in [-0.2, -0.15) is 13.2 Å². The van der Waals surface area contributed by atoms with Gasteiger partial charge in [0.05, 0.1) is 17.8 Å². The third-order valence-corrected chi connectivity index (χ3v) is 8.08. The SMILES string of the molecule is C[C@H]1CCCN(Cc2cnc(CNc3cccc(C(CC4CCC4)c4nncn4C)c3)c(C(F)(F)F)c2)C1. The van der Waals surface area contributed by atoms with Crippen LogP contribution in [0, 0.1) is 11.8 Å². The largest absolute Gasteiger partial charge is 0.418 e. The van der Waals surface area contributed by atoms with Crippen LogP contribution in [0.25, 0.3) is 0 Å². The van der Waals surface area contributed by atoms with Crippen LogP contribution in [0.15, 0.2) is 42.9 Å². The Bertz CT molecular complexity index is 1220. The summed E-state index contributed by atoms with van der Waals surface area (Å²) in [5, 5.41) is 11.7. The predicted molar refractivity (Wildman–Crippen MR) is 141 cm³/mol. The molecule has 1 aliphatic carbocycles. The quantitative estimate of drug-likeness (QED) is 0.350. The molecule has 2 aliphatic rings. The van der Waals surface area contributed by atoms with Crippen molar-refractivity contribution in [3.8, 4) is 0 Å². The summed E-state index contributed by atoms with van der Waals surface area (Å²) in [6, 6.07) is 9.21. The normalized spacial score (nSPS) is 19.8. The number of benzene rings is 1. The van der Waals surface area contributed by atoms with Crippen LogP contribution in [0.1, 0.15) is 79.6 Å². The Kier molecular flexibility index (Phi) is 8.02. The fourth-order valence-corrected chi connectivity index (χ4v) is 5.81. The van der Waals surface area contributed by atoms with Gasteiger partial charge in [0.15, 0.2) is 0 Å². The monoisotopic (exact) mass is 526 g/mol. The van der Waals surface area contributed by atoms with Gasteiger partial charge >= 0.3 is 6.18 Å². The molecule has 1 aromatic carbocycles. The second kappa shape index (κ2) is 11.4. The minimum atomic E-state index is -4.46. The van der Waals surface area contributed by atoms with Gasteiger partial charge in [-0.25, -0.2) is 0 Å². The highest BCUT2D eigenvalue weighted by Crippen LogP contribution is 2.39. The lowest BCUT2D eigenvalue weighted by molar-refractivity contribution is -0.138.